The zero-order valence-electron chi connectivity index (χ0n) is 16.6. The second-order valence-corrected chi connectivity index (χ2v) is 9.50. The van der Waals surface area contributed by atoms with Crippen LogP contribution in [-0.4, -0.2) is 48.6 Å². The van der Waals surface area contributed by atoms with E-state index in [1.54, 1.807) is 22.2 Å². The first-order valence-corrected chi connectivity index (χ1v) is 10.9. The highest BCUT2D eigenvalue weighted by Gasteiger charge is 2.32. The Morgan fingerprint density at radius 3 is 3.07 bits per heavy atom. The van der Waals surface area contributed by atoms with Crippen LogP contribution in [0.15, 0.2) is 6.33 Å². The first-order chi connectivity index (χ1) is 13.5. The van der Waals surface area contributed by atoms with Crippen molar-refractivity contribution >= 4 is 33.1 Å². The van der Waals surface area contributed by atoms with Crippen molar-refractivity contribution in [2.24, 2.45) is 0 Å². The molecule has 2 aliphatic heterocycles. The van der Waals surface area contributed by atoms with E-state index in [0.29, 0.717) is 6.61 Å². The lowest BCUT2D eigenvalue weighted by Gasteiger charge is -2.34. The largest absolute Gasteiger partial charge is 0.370 e. The van der Waals surface area contributed by atoms with Gasteiger partial charge in [0, 0.05) is 23.9 Å². The molecule has 5 heterocycles. The average Bonchev–Trinajstić information content (AvgIpc) is 3.27. The monoisotopic (exact) mass is 399 g/mol. The number of rotatable bonds is 2. The fourth-order valence-electron chi connectivity index (χ4n) is 4.45. The Balaban J connectivity index is 1.60. The van der Waals surface area contributed by atoms with Crippen LogP contribution >= 0.6 is 11.3 Å². The van der Waals surface area contributed by atoms with E-state index in [2.05, 4.69) is 30.9 Å². The molecule has 5 rings (SSSR count). The summed E-state index contributed by atoms with van der Waals surface area (Å²) in [6, 6.07) is 0.290. The van der Waals surface area contributed by atoms with E-state index in [1.807, 2.05) is 4.90 Å². The van der Waals surface area contributed by atoms with Gasteiger partial charge in [0.05, 0.1) is 17.6 Å². The summed E-state index contributed by atoms with van der Waals surface area (Å²) in [5.41, 5.74) is 1.76. The van der Waals surface area contributed by atoms with Crippen molar-refractivity contribution in [2.75, 3.05) is 6.54 Å². The molecule has 7 nitrogen and oxygen atoms in total. The van der Waals surface area contributed by atoms with Crippen molar-refractivity contribution in [3.05, 3.63) is 22.6 Å². The summed E-state index contributed by atoms with van der Waals surface area (Å²) in [5, 5.41) is 5.52. The summed E-state index contributed by atoms with van der Waals surface area (Å²) >= 11 is 1.65. The summed E-state index contributed by atoms with van der Waals surface area (Å²) < 4.78 is 7.62. The number of fused-ring (bicyclic) bond motifs is 5. The number of likely N-dealkylation sites (tertiary alicyclic amines) is 1. The van der Waals surface area contributed by atoms with Crippen LogP contribution in [0, 0.1) is 0 Å². The van der Waals surface area contributed by atoms with Gasteiger partial charge in [-0.25, -0.2) is 14.5 Å². The molecule has 0 bridgehead atoms. The van der Waals surface area contributed by atoms with Crippen LogP contribution in [0.2, 0.25) is 0 Å². The standard InChI is InChI=1S/C20H25N5O2S/c1-4-12-7-5-6-8-24(12)19(26)16-22-17-15-13-9-20(2,3)27-10-14(13)28-18(15)21-11-25(17)23-16/h11-12H,4-10H2,1-3H3. The van der Waals surface area contributed by atoms with Crippen molar-refractivity contribution in [3.63, 3.8) is 0 Å². The number of nitrogens with zero attached hydrogens (tertiary/aromatic N) is 5. The van der Waals surface area contributed by atoms with Crippen LogP contribution in [0.1, 0.15) is 67.5 Å². The SMILES string of the molecule is CCC1CCCCN1C(=O)c1nc2c3c4c(sc3ncn2n1)COC(C)(C)C4. The Labute approximate surface area is 167 Å². The molecule has 0 spiro atoms. The van der Waals surface area contributed by atoms with E-state index in [-0.39, 0.29) is 23.4 Å². The van der Waals surface area contributed by atoms with Gasteiger partial charge < -0.3 is 9.64 Å². The second-order valence-electron chi connectivity index (χ2n) is 8.41. The predicted octanol–water partition coefficient (Wildman–Crippen LogP) is 3.60. The Kier molecular flexibility index (Phi) is 4.17. The molecule has 0 radical (unpaired) electrons. The number of amides is 1. The van der Waals surface area contributed by atoms with E-state index >= 15 is 0 Å². The molecule has 0 N–H and O–H groups in total. The molecule has 2 aliphatic rings. The van der Waals surface area contributed by atoms with Gasteiger partial charge in [0.15, 0.2) is 5.65 Å². The van der Waals surface area contributed by atoms with E-state index in [1.165, 1.54) is 16.9 Å². The molecule has 1 amide bonds. The quantitative estimate of drug-likeness (QED) is 0.658. The van der Waals surface area contributed by atoms with Crippen molar-refractivity contribution in [3.8, 4) is 0 Å². The molecule has 28 heavy (non-hydrogen) atoms. The Hall–Kier alpha value is -2.06. The van der Waals surface area contributed by atoms with Gasteiger partial charge in [-0.1, -0.05) is 6.92 Å². The van der Waals surface area contributed by atoms with Crippen molar-refractivity contribution in [2.45, 2.75) is 71.1 Å². The van der Waals surface area contributed by atoms with Gasteiger partial charge in [-0.05, 0) is 45.1 Å². The number of hydrogen-bond acceptors (Lipinski definition) is 6. The maximum Gasteiger partial charge on any atom is 0.293 e. The Morgan fingerprint density at radius 1 is 1.39 bits per heavy atom. The topological polar surface area (TPSA) is 72.6 Å². The summed E-state index contributed by atoms with van der Waals surface area (Å²) in [6.45, 7) is 7.74. The summed E-state index contributed by atoms with van der Waals surface area (Å²) in [5.74, 6) is 0.220. The zero-order valence-corrected chi connectivity index (χ0v) is 17.4. The highest BCUT2D eigenvalue weighted by molar-refractivity contribution is 7.19. The van der Waals surface area contributed by atoms with Gasteiger partial charge in [0.1, 0.15) is 11.2 Å². The molecule has 1 saturated heterocycles. The first kappa shape index (κ1) is 18.0. The summed E-state index contributed by atoms with van der Waals surface area (Å²) in [4.78, 5) is 26.5. The molecule has 1 atom stereocenters. The maximum absolute atomic E-state index is 13.2. The Morgan fingerprint density at radius 2 is 2.25 bits per heavy atom. The number of thiophene rings is 1. The molecule has 0 aliphatic carbocycles. The molecule has 0 saturated carbocycles. The number of piperidine rings is 1. The van der Waals surface area contributed by atoms with E-state index in [4.69, 9.17) is 9.72 Å². The van der Waals surface area contributed by atoms with Crippen LogP contribution < -0.4 is 0 Å². The van der Waals surface area contributed by atoms with Crippen molar-refractivity contribution in [1.29, 1.82) is 0 Å². The third-order valence-corrected chi connectivity index (χ3v) is 7.07. The number of carbonyl (C=O) groups excluding carboxylic acids is 1. The van der Waals surface area contributed by atoms with Crippen LogP contribution in [0.25, 0.3) is 15.9 Å². The molecule has 1 unspecified atom stereocenters. The van der Waals surface area contributed by atoms with E-state index in [9.17, 15) is 4.79 Å². The van der Waals surface area contributed by atoms with Gasteiger partial charge in [0.2, 0.25) is 5.82 Å². The summed E-state index contributed by atoms with van der Waals surface area (Å²) in [7, 11) is 0. The van der Waals surface area contributed by atoms with Crippen LogP contribution in [0.3, 0.4) is 0 Å². The Bertz CT molecular complexity index is 1070. The number of ether oxygens (including phenoxy) is 1. The third kappa shape index (κ3) is 2.81. The van der Waals surface area contributed by atoms with Crippen LogP contribution in [0.4, 0.5) is 0 Å². The van der Waals surface area contributed by atoms with E-state index < -0.39 is 0 Å². The number of carbonyl (C=O) groups is 1. The van der Waals surface area contributed by atoms with Gasteiger partial charge >= 0.3 is 0 Å². The highest BCUT2D eigenvalue weighted by Crippen LogP contribution is 2.39. The fourth-order valence-corrected chi connectivity index (χ4v) is 5.52. The predicted molar refractivity (Wildman–Crippen MR) is 108 cm³/mol. The molecule has 3 aromatic heterocycles. The zero-order chi connectivity index (χ0) is 19.5. The van der Waals surface area contributed by atoms with Gasteiger partial charge in [-0.2, -0.15) is 0 Å². The molecule has 3 aromatic rings. The minimum absolute atomic E-state index is 0.0591. The minimum atomic E-state index is -0.214. The number of aromatic nitrogens is 4. The normalized spacial score (nSPS) is 22.0. The average molecular weight is 400 g/mol. The molecule has 148 valence electrons. The fraction of sp³-hybridized carbons (Fsp3) is 0.600. The van der Waals surface area contributed by atoms with Crippen LogP contribution in [-0.2, 0) is 17.8 Å². The van der Waals surface area contributed by atoms with Gasteiger partial charge in [-0.3, -0.25) is 4.79 Å². The lowest BCUT2D eigenvalue weighted by atomic mass is 9.94. The van der Waals surface area contributed by atoms with Crippen molar-refractivity contribution in [1.82, 2.24) is 24.5 Å². The molecule has 0 aromatic carbocycles. The second kappa shape index (κ2) is 6.49. The molecular formula is C20H25N5O2S. The van der Waals surface area contributed by atoms with Crippen molar-refractivity contribution < 1.29 is 9.53 Å². The molecule has 8 heteroatoms. The number of hydrogen-bond donors (Lipinski definition) is 0. The van der Waals surface area contributed by atoms with E-state index in [0.717, 1.165) is 48.1 Å². The highest BCUT2D eigenvalue weighted by atomic mass is 32.1. The minimum Gasteiger partial charge on any atom is -0.370 e. The van der Waals surface area contributed by atoms with Gasteiger partial charge in [0.25, 0.3) is 5.91 Å². The molecule has 1 fully saturated rings. The first-order valence-electron chi connectivity index (χ1n) is 10.1. The van der Waals surface area contributed by atoms with Gasteiger partial charge in [-0.15, -0.1) is 16.4 Å². The lowest BCUT2D eigenvalue weighted by molar-refractivity contribution is -0.0379. The lowest BCUT2D eigenvalue weighted by Crippen LogP contribution is -2.43. The third-order valence-electron chi connectivity index (χ3n) is 5.96. The summed E-state index contributed by atoms with van der Waals surface area (Å²) in [6.07, 6.45) is 6.75. The maximum atomic E-state index is 13.2. The van der Waals surface area contributed by atoms with Crippen LogP contribution in [0.5, 0.6) is 0 Å². The smallest absolute Gasteiger partial charge is 0.293 e. The molecular weight excluding hydrogens is 374 g/mol.